The number of fused-ring (bicyclic) bond motifs is 1. The number of carbonyl (C=O) groups excluding carboxylic acids is 1. The molecule has 1 atom stereocenters. The minimum absolute atomic E-state index is 0.0216. The van der Waals surface area contributed by atoms with Gasteiger partial charge in [0.15, 0.2) is 0 Å². The molecule has 0 saturated heterocycles. The van der Waals surface area contributed by atoms with E-state index in [0.717, 1.165) is 0 Å². The number of methoxy groups -OCH3 is 1. The standard InChI is InChI=1S/C22H22O6/c1-13(2)27-15-10-8-14(9-11-15)17(12-19(23)26-3)20-21(24)16-6-4-5-7-18(16)28-22(20)25/h4-11,13,17,24H,12H2,1-3H3/t17-/m0/s1. The van der Waals surface area contributed by atoms with E-state index in [4.69, 9.17) is 13.9 Å². The summed E-state index contributed by atoms with van der Waals surface area (Å²) in [5.74, 6) is -0.741. The number of aromatic hydroxyl groups is 1. The molecule has 6 nitrogen and oxygen atoms in total. The van der Waals surface area contributed by atoms with Gasteiger partial charge in [-0.15, -0.1) is 0 Å². The van der Waals surface area contributed by atoms with Crippen molar-refractivity contribution in [3.8, 4) is 11.5 Å². The number of para-hydroxylation sites is 1. The summed E-state index contributed by atoms with van der Waals surface area (Å²) in [5, 5.41) is 11.2. The van der Waals surface area contributed by atoms with Crippen molar-refractivity contribution >= 4 is 16.9 Å². The minimum atomic E-state index is -0.721. The number of esters is 1. The number of rotatable bonds is 6. The van der Waals surface area contributed by atoms with Crippen LogP contribution in [0.5, 0.6) is 11.5 Å². The Kier molecular flexibility index (Phi) is 5.68. The van der Waals surface area contributed by atoms with Gasteiger partial charge in [0, 0.05) is 5.92 Å². The Balaban J connectivity index is 2.12. The van der Waals surface area contributed by atoms with Gasteiger partial charge < -0.3 is 19.0 Å². The molecule has 0 amide bonds. The smallest absolute Gasteiger partial charge is 0.343 e. The second kappa shape index (κ2) is 8.17. The van der Waals surface area contributed by atoms with Crippen LogP contribution in [0.3, 0.4) is 0 Å². The van der Waals surface area contributed by atoms with Crippen LogP contribution in [0, 0.1) is 0 Å². The number of hydrogen-bond donors (Lipinski definition) is 1. The quantitative estimate of drug-likeness (QED) is 0.513. The summed E-state index contributed by atoms with van der Waals surface area (Å²) in [6.07, 6.45) is -0.0920. The lowest BCUT2D eigenvalue weighted by Gasteiger charge is -2.18. The van der Waals surface area contributed by atoms with Crippen LogP contribution in [0.4, 0.5) is 0 Å². The maximum Gasteiger partial charge on any atom is 0.343 e. The van der Waals surface area contributed by atoms with Crippen LogP contribution in [0.25, 0.3) is 11.0 Å². The van der Waals surface area contributed by atoms with E-state index in [1.54, 1.807) is 48.5 Å². The maximum absolute atomic E-state index is 12.6. The molecule has 3 rings (SSSR count). The van der Waals surface area contributed by atoms with Gasteiger partial charge in [0.25, 0.3) is 0 Å². The summed E-state index contributed by atoms with van der Waals surface area (Å²) in [5.41, 5.74) is 0.292. The zero-order chi connectivity index (χ0) is 20.3. The molecule has 3 aromatic rings. The third kappa shape index (κ3) is 4.01. The molecule has 0 spiro atoms. The predicted octanol–water partition coefficient (Wildman–Crippen LogP) is 3.98. The van der Waals surface area contributed by atoms with Gasteiger partial charge >= 0.3 is 11.6 Å². The number of hydrogen-bond acceptors (Lipinski definition) is 6. The number of ether oxygens (including phenoxy) is 2. The SMILES string of the molecule is COC(=O)C[C@@H](c1ccc(OC(C)C)cc1)c1c(O)c2ccccc2oc1=O. The average molecular weight is 382 g/mol. The molecule has 0 bridgehead atoms. The van der Waals surface area contributed by atoms with E-state index < -0.39 is 17.5 Å². The third-order valence-electron chi connectivity index (χ3n) is 4.42. The number of benzene rings is 2. The van der Waals surface area contributed by atoms with Gasteiger partial charge in [0.2, 0.25) is 0 Å². The molecule has 1 heterocycles. The molecule has 1 aromatic heterocycles. The van der Waals surface area contributed by atoms with Crippen molar-refractivity contribution in [3.63, 3.8) is 0 Å². The van der Waals surface area contributed by atoms with Crippen molar-refractivity contribution < 1.29 is 23.8 Å². The van der Waals surface area contributed by atoms with Gasteiger partial charge in [-0.1, -0.05) is 24.3 Å². The van der Waals surface area contributed by atoms with E-state index in [1.807, 2.05) is 13.8 Å². The lowest BCUT2D eigenvalue weighted by Crippen LogP contribution is -2.18. The zero-order valence-corrected chi connectivity index (χ0v) is 16.0. The van der Waals surface area contributed by atoms with Gasteiger partial charge in [-0.05, 0) is 43.7 Å². The summed E-state index contributed by atoms with van der Waals surface area (Å²) in [6, 6.07) is 13.8. The van der Waals surface area contributed by atoms with E-state index in [1.165, 1.54) is 7.11 Å². The Morgan fingerprint density at radius 1 is 1.11 bits per heavy atom. The molecule has 28 heavy (non-hydrogen) atoms. The van der Waals surface area contributed by atoms with E-state index in [2.05, 4.69) is 0 Å². The van der Waals surface area contributed by atoms with E-state index in [9.17, 15) is 14.7 Å². The fraction of sp³-hybridized carbons (Fsp3) is 0.273. The number of carbonyl (C=O) groups is 1. The highest BCUT2D eigenvalue weighted by molar-refractivity contribution is 5.84. The highest BCUT2D eigenvalue weighted by Gasteiger charge is 2.27. The Hall–Kier alpha value is -3.28. The second-order valence-corrected chi connectivity index (χ2v) is 6.72. The van der Waals surface area contributed by atoms with Gasteiger partial charge in [-0.2, -0.15) is 0 Å². The van der Waals surface area contributed by atoms with Gasteiger partial charge in [-0.25, -0.2) is 4.79 Å². The minimum Gasteiger partial charge on any atom is -0.507 e. The summed E-state index contributed by atoms with van der Waals surface area (Å²) >= 11 is 0. The molecule has 0 aliphatic heterocycles. The van der Waals surface area contributed by atoms with Crippen LogP contribution in [-0.4, -0.2) is 24.3 Å². The van der Waals surface area contributed by atoms with Crippen molar-refractivity contribution in [2.75, 3.05) is 7.11 Å². The van der Waals surface area contributed by atoms with Crippen molar-refractivity contribution in [1.29, 1.82) is 0 Å². The highest BCUT2D eigenvalue weighted by Crippen LogP contribution is 2.36. The van der Waals surface area contributed by atoms with E-state index >= 15 is 0 Å². The first-order valence-electron chi connectivity index (χ1n) is 8.98. The normalized spacial score (nSPS) is 12.1. The van der Waals surface area contributed by atoms with Gasteiger partial charge in [0.05, 0.1) is 30.6 Å². The molecule has 0 radical (unpaired) electrons. The molecular weight excluding hydrogens is 360 g/mol. The van der Waals surface area contributed by atoms with Crippen molar-refractivity contribution in [1.82, 2.24) is 0 Å². The molecule has 0 unspecified atom stereocenters. The monoisotopic (exact) mass is 382 g/mol. The largest absolute Gasteiger partial charge is 0.507 e. The summed E-state index contributed by atoms with van der Waals surface area (Å²) in [7, 11) is 1.28. The molecule has 0 aliphatic carbocycles. The van der Waals surface area contributed by atoms with Crippen LogP contribution in [-0.2, 0) is 9.53 Å². The van der Waals surface area contributed by atoms with Crippen LogP contribution in [0.2, 0.25) is 0 Å². The molecule has 0 saturated carbocycles. The van der Waals surface area contributed by atoms with Crippen molar-refractivity contribution in [2.45, 2.75) is 32.3 Å². The average Bonchev–Trinajstić information content (AvgIpc) is 2.67. The predicted molar refractivity (Wildman–Crippen MR) is 105 cm³/mol. The van der Waals surface area contributed by atoms with E-state index in [0.29, 0.717) is 16.7 Å². The summed E-state index contributed by atoms with van der Waals surface area (Å²) in [6.45, 7) is 3.85. The first-order valence-corrected chi connectivity index (χ1v) is 8.98. The zero-order valence-electron chi connectivity index (χ0n) is 16.0. The van der Waals surface area contributed by atoms with Crippen molar-refractivity contribution in [3.05, 3.63) is 70.1 Å². The lowest BCUT2D eigenvalue weighted by molar-refractivity contribution is -0.140. The molecule has 1 N–H and O–H groups in total. The second-order valence-electron chi connectivity index (χ2n) is 6.72. The Morgan fingerprint density at radius 2 is 1.79 bits per heavy atom. The molecule has 2 aromatic carbocycles. The third-order valence-corrected chi connectivity index (χ3v) is 4.42. The first kappa shape index (κ1) is 19.5. The van der Waals surface area contributed by atoms with Crippen molar-refractivity contribution in [2.24, 2.45) is 0 Å². The van der Waals surface area contributed by atoms with Crippen LogP contribution >= 0.6 is 0 Å². The summed E-state index contributed by atoms with van der Waals surface area (Å²) in [4.78, 5) is 24.7. The Bertz CT molecular complexity index is 1030. The van der Waals surface area contributed by atoms with Crippen LogP contribution in [0.1, 0.15) is 37.3 Å². The van der Waals surface area contributed by atoms with Crippen LogP contribution < -0.4 is 10.4 Å². The lowest BCUT2D eigenvalue weighted by atomic mass is 9.88. The van der Waals surface area contributed by atoms with Gasteiger partial charge in [-0.3, -0.25) is 4.79 Å². The molecule has 146 valence electrons. The Morgan fingerprint density at radius 3 is 2.43 bits per heavy atom. The fourth-order valence-electron chi connectivity index (χ4n) is 3.14. The molecule has 0 fully saturated rings. The van der Waals surface area contributed by atoms with Crippen LogP contribution in [0.15, 0.2) is 57.7 Å². The Labute approximate surface area is 162 Å². The fourth-order valence-corrected chi connectivity index (χ4v) is 3.14. The summed E-state index contributed by atoms with van der Waals surface area (Å²) < 4.78 is 15.8. The molecular formula is C22H22O6. The molecule has 0 aliphatic rings. The van der Waals surface area contributed by atoms with E-state index in [-0.39, 0.29) is 29.4 Å². The van der Waals surface area contributed by atoms with Gasteiger partial charge in [0.1, 0.15) is 17.1 Å². The first-order chi connectivity index (χ1) is 13.4. The molecule has 6 heteroatoms. The maximum atomic E-state index is 12.6. The highest BCUT2D eigenvalue weighted by atomic mass is 16.5. The topological polar surface area (TPSA) is 86.0 Å².